The fourth-order valence-corrected chi connectivity index (χ4v) is 2.44. The molecule has 0 bridgehead atoms. The van der Waals surface area contributed by atoms with Crippen molar-refractivity contribution in [3.8, 4) is 0 Å². The standard InChI is InChI=1S/C18H26N4O/c19-15-3-7-17(8-4-15)22(13-2-1-11-21-12-14-23)18-9-5-16(20)6-10-18/h3-10,21,23H,1-2,11-14,19-20H2. The Labute approximate surface area is 137 Å². The first-order valence-corrected chi connectivity index (χ1v) is 8.01. The Morgan fingerprint density at radius 3 is 1.78 bits per heavy atom. The maximum Gasteiger partial charge on any atom is 0.0555 e. The van der Waals surface area contributed by atoms with Crippen molar-refractivity contribution in [2.45, 2.75) is 12.8 Å². The summed E-state index contributed by atoms with van der Waals surface area (Å²) in [5.41, 5.74) is 15.3. The van der Waals surface area contributed by atoms with Gasteiger partial charge in [0.2, 0.25) is 0 Å². The minimum absolute atomic E-state index is 0.184. The Kier molecular flexibility index (Phi) is 6.72. The lowest BCUT2D eigenvalue weighted by Gasteiger charge is -2.25. The van der Waals surface area contributed by atoms with E-state index in [2.05, 4.69) is 10.2 Å². The molecule has 0 aliphatic carbocycles. The molecule has 0 unspecified atom stereocenters. The zero-order chi connectivity index (χ0) is 16.5. The molecule has 2 aromatic rings. The summed E-state index contributed by atoms with van der Waals surface area (Å²) in [4.78, 5) is 2.27. The highest BCUT2D eigenvalue weighted by Gasteiger charge is 2.09. The summed E-state index contributed by atoms with van der Waals surface area (Å²) >= 11 is 0. The molecule has 0 radical (unpaired) electrons. The summed E-state index contributed by atoms with van der Waals surface area (Å²) in [5, 5.41) is 12.0. The average molecular weight is 314 g/mol. The first-order chi connectivity index (χ1) is 11.2. The maximum atomic E-state index is 8.76. The van der Waals surface area contributed by atoms with Crippen molar-refractivity contribution in [2.75, 3.05) is 42.6 Å². The van der Waals surface area contributed by atoms with E-state index in [1.54, 1.807) is 0 Å². The lowest BCUT2D eigenvalue weighted by Crippen LogP contribution is -2.22. The van der Waals surface area contributed by atoms with Crippen LogP contribution in [0.1, 0.15) is 12.8 Å². The number of nitrogens with zero attached hydrogens (tertiary/aromatic N) is 1. The summed E-state index contributed by atoms with van der Waals surface area (Å²) < 4.78 is 0. The molecule has 0 spiro atoms. The monoisotopic (exact) mass is 314 g/mol. The van der Waals surface area contributed by atoms with Crippen LogP contribution in [0.5, 0.6) is 0 Å². The number of hydrogen-bond donors (Lipinski definition) is 4. The molecule has 0 heterocycles. The fraction of sp³-hybridized carbons (Fsp3) is 0.333. The molecule has 5 nitrogen and oxygen atoms in total. The molecular formula is C18H26N4O. The van der Waals surface area contributed by atoms with Crippen LogP contribution in [0.4, 0.5) is 22.7 Å². The van der Waals surface area contributed by atoms with Gasteiger partial charge >= 0.3 is 0 Å². The quantitative estimate of drug-likeness (QED) is 0.421. The molecule has 0 saturated heterocycles. The largest absolute Gasteiger partial charge is 0.399 e. The molecule has 0 saturated carbocycles. The van der Waals surface area contributed by atoms with E-state index in [1.165, 1.54) is 0 Å². The van der Waals surface area contributed by atoms with E-state index < -0.39 is 0 Å². The third-order valence-electron chi connectivity index (χ3n) is 3.68. The first-order valence-electron chi connectivity index (χ1n) is 8.01. The van der Waals surface area contributed by atoms with Gasteiger partial charge in [-0.2, -0.15) is 0 Å². The molecule has 5 heteroatoms. The van der Waals surface area contributed by atoms with E-state index in [4.69, 9.17) is 16.6 Å². The third-order valence-corrected chi connectivity index (χ3v) is 3.68. The van der Waals surface area contributed by atoms with Crippen LogP contribution < -0.4 is 21.7 Å². The number of nitrogen functional groups attached to an aromatic ring is 2. The molecule has 0 fully saturated rings. The van der Waals surface area contributed by atoms with Gasteiger partial charge in [-0.15, -0.1) is 0 Å². The second-order valence-corrected chi connectivity index (χ2v) is 5.52. The lowest BCUT2D eigenvalue weighted by atomic mass is 10.2. The Hall–Kier alpha value is -2.24. The van der Waals surface area contributed by atoms with Crippen molar-refractivity contribution >= 4 is 22.7 Å². The second-order valence-electron chi connectivity index (χ2n) is 5.52. The Bertz CT molecular complexity index is 523. The van der Waals surface area contributed by atoms with Crippen molar-refractivity contribution in [3.63, 3.8) is 0 Å². The van der Waals surface area contributed by atoms with Gasteiger partial charge in [-0.3, -0.25) is 0 Å². The Morgan fingerprint density at radius 2 is 1.30 bits per heavy atom. The summed E-state index contributed by atoms with van der Waals surface area (Å²) in [5.74, 6) is 0. The van der Waals surface area contributed by atoms with Gasteiger partial charge in [0.05, 0.1) is 6.61 Å². The van der Waals surface area contributed by atoms with Gasteiger partial charge in [0.15, 0.2) is 0 Å². The topological polar surface area (TPSA) is 87.5 Å². The number of nitrogens with one attached hydrogen (secondary N) is 1. The molecule has 2 rings (SSSR count). The van der Waals surface area contributed by atoms with E-state index in [-0.39, 0.29) is 6.61 Å². The second kappa shape index (κ2) is 9.02. The maximum absolute atomic E-state index is 8.76. The molecule has 6 N–H and O–H groups in total. The SMILES string of the molecule is Nc1ccc(N(CCCCNCCO)c2ccc(N)cc2)cc1. The fourth-order valence-electron chi connectivity index (χ4n) is 2.44. The van der Waals surface area contributed by atoms with E-state index in [0.717, 1.165) is 48.7 Å². The summed E-state index contributed by atoms with van der Waals surface area (Å²) in [6.45, 7) is 2.66. The summed E-state index contributed by atoms with van der Waals surface area (Å²) in [6.07, 6.45) is 2.10. The highest BCUT2D eigenvalue weighted by Crippen LogP contribution is 2.27. The minimum atomic E-state index is 0.184. The number of unbranched alkanes of at least 4 members (excludes halogenated alkanes) is 1. The van der Waals surface area contributed by atoms with Gasteiger partial charge in [0, 0.05) is 35.8 Å². The van der Waals surface area contributed by atoms with E-state index in [1.807, 2.05) is 48.5 Å². The number of benzene rings is 2. The number of hydrogen-bond acceptors (Lipinski definition) is 5. The van der Waals surface area contributed by atoms with Crippen LogP contribution in [0.2, 0.25) is 0 Å². The number of aliphatic hydroxyl groups excluding tert-OH is 1. The van der Waals surface area contributed by atoms with Crippen LogP contribution >= 0.6 is 0 Å². The van der Waals surface area contributed by atoms with Gasteiger partial charge in [0.1, 0.15) is 0 Å². The molecule has 0 atom stereocenters. The molecule has 124 valence electrons. The highest BCUT2D eigenvalue weighted by molar-refractivity contribution is 5.66. The lowest BCUT2D eigenvalue weighted by molar-refractivity contribution is 0.292. The molecule has 2 aromatic carbocycles. The summed E-state index contributed by atoms with van der Waals surface area (Å²) in [7, 11) is 0. The normalized spacial score (nSPS) is 10.7. The molecular weight excluding hydrogens is 288 g/mol. The number of rotatable bonds is 9. The smallest absolute Gasteiger partial charge is 0.0555 e. The molecule has 23 heavy (non-hydrogen) atoms. The van der Waals surface area contributed by atoms with Gasteiger partial charge in [-0.25, -0.2) is 0 Å². The van der Waals surface area contributed by atoms with Crippen molar-refractivity contribution in [2.24, 2.45) is 0 Å². The highest BCUT2D eigenvalue weighted by atomic mass is 16.3. The molecule has 0 amide bonds. The predicted molar refractivity (Wildman–Crippen MR) is 97.9 cm³/mol. The van der Waals surface area contributed by atoms with Crippen LogP contribution in [-0.2, 0) is 0 Å². The van der Waals surface area contributed by atoms with Crippen molar-refractivity contribution in [3.05, 3.63) is 48.5 Å². The van der Waals surface area contributed by atoms with Gasteiger partial charge in [-0.1, -0.05) is 0 Å². The van der Waals surface area contributed by atoms with Crippen LogP contribution in [0, 0.1) is 0 Å². The van der Waals surface area contributed by atoms with Crippen molar-refractivity contribution < 1.29 is 5.11 Å². The predicted octanol–water partition coefficient (Wildman–Crippen LogP) is 2.35. The zero-order valence-corrected chi connectivity index (χ0v) is 13.4. The molecule has 0 aliphatic heterocycles. The average Bonchev–Trinajstić information content (AvgIpc) is 2.57. The molecule has 0 aromatic heterocycles. The number of nitrogens with two attached hydrogens (primary N) is 2. The number of anilines is 4. The van der Waals surface area contributed by atoms with E-state index >= 15 is 0 Å². The third kappa shape index (κ3) is 5.47. The van der Waals surface area contributed by atoms with Crippen LogP contribution in [0.25, 0.3) is 0 Å². The summed E-state index contributed by atoms with van der Waals surface area (Å²) in [6, 6.07) is 15.8. The van der Waals surface area contributed by atoms with Crippen LogP contribution in [0.15, 0.2) is 48.5 Å². The van der Waals surface area contributed by atoms with Crippen molar-refractivity contribution in [1.29, 1.82) is 0 Å². The Balaban J connectivity index is 2.02. The Morgan fingerprint density at radius 1 is 0.783 bits per heavy atom. The first kappa shape index (κ1) is 17.1. The van der Waals surface area contributed by atoms with Gasteiger partial charge in [0.25, 0.3) is 0 Å². The van der Waals surface area contributed by atoms with E-state index in [0.29, 0.717) is 6.54 Å². The van der Waals surface area contributed by atoms with Gasteiger partial charge in [-0.05, 0) is 67.9 Å². The van der Waals surface area contributed by atoms with Gasteiger partial charge < -0.3 is 26.8 Å². The molecule has 0 aliphatic rings. The van der Waals surface area contributed by atoms with Crippen molar-refractivity contribution in [1.82, 2.24) is 5.32 Å². The van der Waals surface area contributed by atoms with Crippen LogP contribution in [-0.4, -0.2) is 31.3 Å². The van der Waals surface area contributed by atoms with Crippen LogP contribution in [0.3, 0.4) is 0 Å². The zero-order valence-electron chi connectivity index (χ0n) is 13.4. The van der Waals surface area contributed by atoms with E-state index in [9.17, 15) is 0 Å². The minimum Gasteiger partial charge on any atom is -0.399 e. The number of aliphatic hydroxyl groups is 1.